The maximum Gasteiger partial charge on any atom is 0.108 e. The van der Waals surface area contributed by atoms with Crippen LogP contribution in [-0.2, 0) is 4.74 Å². The van der Waals surface area contributed by atoms with Gasteiger partial charge in [0.1, 0.15) is 6.23 Å². The Morgan fingerprint density at radius 1 is 1.75 bits per heavy atom. The molecule has 0 fully saturated rings. The molecule has 12 heavy (non-hydrogen) atoms. The van der Waals surface area contributed by atoms with Crippen LogP contribution >= 0.6 is 0 Å². The zero-order valence-corrected chi connectivity index (χ0v) is 7.84. The van der Waals surface area contributed by atoms with Crippen LogP contribution in [0.3, 0.4) is 0 Å². The lowest BCUT2D eigenvalue weighted by molar-refractivity contribution is 0.0731. The van der Waals surface area contributed by atoms with Gasteiger partial charge in [0.25, 0.3) is 0 Å². The van der Waals surface area contributed by atoms with Crippen molar-refractivity contribution in [2.24, 2.45) is 0 Å². The molecule has 1 atom stereocenters. The third-order valence-corrected chi connectivity index (χ3v) is 1.41. The van der Waals surface area contributed by atoms with E-state index in [-0.39, 0.29) is 12.8 Å². The summed E-state index contributed by atoms with van der Waals surface area (Å²) in [5, 5.41) is 11.7. The topological polar surface area (TPSA) is 41.5 Å². The standard InChI is InChI=1S/C9H18NO2/c1-4-12-9(3)10-6-5-8(2)7-11/h5,9-11H,3-4,6-7H2,1-2H3/b8-5+. The number of nitrogens with one attached hydrogen (secondary N) is 1. The Balaban J connectivity index is 3.41. The molecule has 0 amide bonds. The van der Waals surface area contributed by atoms with Crippen molar-refractivity contribution < 1.29 is 9.84 Å². The van der Waals surface area contributed by atoms with Gasteiger partial charge in [-0.25, -0.2) is 0 Å². The minimum Gasteiger partial charge on any atom is -0.392 e. The summed E-state index contributed by atoms with van der Waals surface area (Å²) in [6.45, 7) is 8.97. The predicted molar refractivity (Wildman–Crippen MR) is 49.6 cm³/mol. The van der Waals surface area contributed by atoms with E-state index < -0.39 is 0 Å². The summed E-state index contributed by atoms with van der Waals surface area (Å²) in [7, 11) is 0. The fraction of sp³-hybridized carbons (Fsp3) is 0.667. The fourth-order valence-electron chi connectivity index (χ4n) is 0.689. The van der Waals surface area contributed by atoms with Crippen LogP contribution in [0.2, 0.25) is 0 Å². The van der Waals surface area contributed by atoms with Crippen LogP contribution in [-0.4, -0.2) is 31.1 Å². The minimum absolute atomic E-state index is 0.109. The van der Waals surface area contributed by atoms with Crippen molar-refractivity contribution in [1.82, 2.24) is 5.32 Å². The van der Waals surface area contributed by atoms with Gasteiger partial charge in [-0.3, -0.25) is 5.32 Å². The van der Waals surface area contributed by atoms with Crippen molar-refractivity contribution in [3.8, 4) is 0 Å². The third kappa shape index (κ3) is 6.34. The van der Waals surface area contributed by atoms with E-state index in [2.05, 4.69) is 12.2 Å². The van der Waals surface area contributed by atoms with Gasteiger partial charge in [0, 0.05) is 13.2 Å². The van der Waals surface area contributed by atoms with Crippen molar-refractivity contribution in [2.75, 3.05) is 19.8 Å². The summed E-state index contributed by atoms with van der Waals surface area (Å²) < 4.78 is 5.14. The lowest BCUT2D eigenvalue weighted by Crippen LogP contribution is -2.29. The Kier molecular flexibility index (Phi) is 7.05. The van der Waals surface area contributed by atoms with Gasteiger partial charge < -0.3 is 9.84 Å². The number of aliphatic hydroxyl groups excluding tert-OH is 1. The largest absolute Gasteiger partial charge is 0.392 e. The molecule has 0 aliphatic heterocycles. The maximum atomic E-state index is 8.66. The van der Waals surface area contributed by atoms with Crippen LogP contribution < -0.4 is 5.32 Å². The lowest BCUT2D eigenvalue weighted by atomic mass is 10.3. The average molecular weight is 172 g/mol. The van der Waals surface area contributed by atoms with E-state index in [0.29, 0.717) is 13.2 Å². The molecule has 1 unspecified atom stereocenters. The minimum atomic E-state index is -0.169. The molecule has 0 aromatic rings. The molecule has 0 spiro atoms. The maximum absolute atomic E-state index is 8.66. The molecule has 0 rings (SSSR count). The van der Waals surface area contributed by atoms with Gasteiger partial charge in [-0.15, -0.1) is 0 Å². The molecule has 71 valence electrons. The predicted octanol–water partition coefficient (Wildman–Crippen LogP) is 0.711. The van der Waals surface area contributed by atoms with Crippen LogP contribution in [0.25, 0.3) is 0 Å². The van der Waals surface area contributed by atoms with Gasteiger partial charge in [-0.05, 0) is 20.8 Å². The Morgan fingerprint density at radius 2 is 2.42 bits per heavy atom. The van der Waals surface area contributed by atoms with Gasteiger partial charge in [-0.2, -0.15) is 0 Å². The number of rotatable bonds is 6. The summed E-state index contributed by atoms with van der Waals surface area (Å²) in [5.41, 5.74) is 0.950. The van der Waals surface area contributed by atoms with Gasteiger partial charge in [0.05, 0.1) is 6.61 Å². The highest BCUT2D eigenvalue weighted by molar-refractivity contribution is 4.98. The van der Waals surface area contributed by atoms with Crippen molar-refractivity contribution in [1.29, 1.82) is 0 Å². The monoisotopic (exact) mass is 172 g/mol. The fourth-order valence-corrected chi connectivity index (χ4v) is 0.689. The molecular weight excluding hydrogens is 154 g/mol. The van der Waals surface area contributed by atoms with E-state index in [1.54, 1.807) is 0 Å². The van der Waals surface area contributed by atoms with Crippen LogP contribution in [0.5, 0.6) is 0 Å². The van der Waals surface area contributed by atoms with Gasteiger partial charge in [0.15, 0.2) is 0 Å². The van der Waals surface area contributed by atoms with Gasteiger partial charge in [0.2, 0.25) is 0 Å². The first kappa shape index (κ1) is 11.6. The molecule has 0 saturated heterocycles. The van der Waals surface area contributed by atoms with Crippen molar-refractivity contribution in [3.05, 3.63) is 18.6 Å². The van der Waals surface area contributed by atoms with E-state index in [0.717, 1.165) is 5.57 Å². The quantitative estimate of drug-likeness (QED) is 0.458. The van der Waals surface area contributed by atoms with Gasteiger partial charge >= 0.3 is 0 Å². The second-order valence-electron chi connectivity index (χ2n) is 2.56. The highest BCUT2D eigenvalue weighted by Crippen LogP contribution is 1.89. The smallest absolute Gasteiger partial charge is 0.108 e. The van der Waals surface area contributed by atoms with Crippen molar-refractivity contribution >= 4 is 0 Å². The zero-order valence-electron chi connectivity index (χ0n) is 7.84. The molecule has 0 aromatic heterocycles. The van der Waals surface area contributed by atoms with Gasteiger partial charge in [-0.1, -0.05) is 11.6 Å². The SMILES string of the molecule is [CH2]C(NC/C=C(\C)CO)OCC. The Hall–Kier alpha value is -0.380. The molecule has 0 aromatic carbocycles. The molecule has 0 heterocycles. The molecule has 3 heteroatoms. The molecule has 0 saturated carbocycles. The number of hydrogen-bond donors (Lipinski definition) is 2. The molecular formula is C9H18NO2. The summed E-state index contributed by atoms with van der Waals surface area (Å²) in [4.78, 5) is 0. The first-order valence-electron chi connectivity index (χ1n) is 4.15. The van der Waals surface area contributed by atoms with Crippen LogP contribution in [0.4, 0.5) is 0 Å². The van der Waals surface area contributed by atoms with E-state index >= 15 is 0 Å². The van der Waals surface area contributed by atoms with Crippen LogP contribution in [0.1, 0.15) is 13.8 Å². The molecule has 3 nitrogen and oxygen atoms in total. The zero-order chi connectivity index (χ0) is 9.40. The number of aliphatic hydroxyl groups is 1. The van der Waals surface area contributed by atoms with E-state index in [1.165, 1.54) is 0 Å². The summed E-state index contributed by atoms with van der Waals surface area (Å²) in [5.74, 6) is 0. The lowest BCUT2D eigenvalue weighted by Gasteiger charge is -2.11. The average Bonchev–Trinajstić information content (AvgIpc) is 2.04. The Labute approximate surface area is 74.4 Å². The van der Waals surface area contributed by atoms with E-state index in [1.807, 2.05) is 19.9 Å². The first-order valence-corrected chi connectivity index (χ1v) is 4.15. The van der Waals surface area contributed by atoms with E-state index in [4.69, 9.17) is 9.84 Å². The van der Waals surface area contributed by atoms with Crippen LogP contribution in [0.15, 0.2) is 11.6 Å². The normalized spacial score (nSPS) is 14.8. The Morgan fingerprint density at radius 3 is 2.92 bits per heavy atom. The molecule has 0 bridgehead atoms. The molecule has 2 N–H and O–H groups in total. The van der Waals surface area contributed by atoms with Crippen LogP contribution in [0, 0.1) is 6.92 Å². The molecule has 0 aliphatic carbocycles. The first-order chi connectivity index (χ1) is 5.70. The van der Waals surface area contributed by atoms with Crippen molar-refractivity contribution in [2.45, 2.75) is 20.1 Å². The molecule has 0 aliphatic rings. The highest BCUT2D eigenvalue weighted by atomic mass is 16.5. The summed E-state index contributed by atoms with van der Waals surface area (Å²) >= 11 is 0. The number of hydrogen-bond acceptors (Lipinski definition) is 3. The highest BCUT2D eigenvalue weighted by Gasteiger charge is 1.96. The number of ether oxygens (including phenoxy) is 1. The molecule has 1 radical (unpaired) electrons. The second-order valence-corrected chi connectivity index (χ2v) is 2.56. The third-order valence-electron chi connectivity index (χ3n) is 1.41. The second kappa shape index (κ2) is 7.28. The summed E-state index contributed by atoms with van der Waals surface area (Å²) in [6, 6.07) is 0. The van der Waals surface area contributed by atoms with E-state index in [9.17, 15) is 0 Å². The Bertz CT molecular complexity index is 134. The van der Waals surface area contributed by atoms with Crippen molar-refractivity contribution in [3.63, 3.8) is 0 Å². The summed E-state index contributed by atoms with van der Waals surface area (Å²) in [6.07, 6.45) is 1.75.